The third kappa shape index (κ3) is 9.53. The Balaban J connectivity index is 1.44. The van der Waals surface area contributed by atoms with Crippen molar-refractivity contribution >= 4 is 23.5 Å². The molecule has 2 N–H and O–H groups in total. The molecule has 0 radical (unpaired) electrons. The van der Waals surface area contributed by atoms with Crippen molar-refractivity contribution in [3.05, 3.63) is 105 Å². The molecule has 1 aliphatic carbocycles. The van der Waals surface area contributed by atoms with Gasteiger partial charge in [0.15, 0.2) is 0 Å². The molecule has 1 fully saturated rings. The van der Waals surface area contributed by atoms with E-state index in [9.17, 15) is 10.2 Å². The minimum atomic E-state index is -0.0288. The van der Waals surface area contributed by atoms with Crippen LogP contribution in [-0.2, 0) is 22.3 Å². The molecule has 0 spiro atoms. The lowest BCUT2D eigenvalue weighted by Crippen LogP contribution is -2.22. The highest BCUT2D eigenvalue weighted by Gasteiger charge is 2.27. The topological polar surface area (TPSA) is 40.5 Å². The summed E-state index contributed by atoms with van der Waals surface area (Å²) in [4.78, 5) is 0. The molecule has 1 aliphatic rings. The molecule has 0 amide bonds. The van der Waals surface area contributed by atoms with Crippen molar-refractivity contribution in [3.8, 4) is 33.8 Å². The SMILES string of the molecule is Cc1cc(C)cc(-c2cc(C(C)(C)C)cc(CSC3CCCCCCC3SCc3cc(C(C)(C)C)cc(-c4cc(C)cc(C)c4)c3O)c2O)c1. The van der Waals surface area contributed by atoms with Crippen LogP contribution in [0.3, 0.4) is 0 Å². The molecule has 2 nitrogen and oxygen atoms in total. The van der Waals surface area contributed by atoms with Crippen molar-refractivity contribution in [2.24, 2.45) is 0 Å². The lowest BCUT2D eigenvalue weighted by Gasteiger charge is -2.30. The maximum Gasteiger partial charge on any atom is 0.127 e. The summed E-state index contributed by atoms with van der Waals surface area (Å²) < 4.78 is 0. The van der Waals surface area contributed by atoms with Crippen molar-refractivity contribution in [2.75, 3.05) is 0 Å². The number of hydrogen-bond acceptors (Lipinski definition) is 4. The molecule has 5 rings (SSSR count). The van der Waals surface area contributed by atoms with Crippen LogP contribution in [0, 0.1) is 27.7 Å². The predicted molar refractivity (Wildman–Crippen MR) is 221 cm³/mol. The highest BCUT2D eigenvalue weighted by molar-refractivity contribution is 8.03. The quantitative estimate of drug-likeness (QED) is 0.191. The summed E-state index contributed by atoms with van der Waals surface area (Å²) in [6, 6.07) is 22.1. The van der Waals surface area contributed by atoms with Gasteiger partial charge in [0.25, 0.3) is 0 Å². The third-order valence-corrected chi connectivity index (χ3v) is 13.3. The number of hydrogen-bond donors (Lipinski definition) is 2. The highest BCUT2D eigenvalue weighted by Crippen LogP contribution is 2.44. The maximum absolute atomic E-state index is 11.8. The molecular weight excluding hydrogens is 649 g/mol. The lowest BCUT2D eigenvalue weighted by atomic mass is 9.83. The van der Waals surface area contributed by atoms with E-state index in [1.807, 2.05) is 23.5 Å². The van der Waals surface area contributed by atoms with Crippen molar-refractivity contribution in [1.82, 2.24) is 0 Å². The predicted octanol–water partition coefficient (Wildman–Crippen LogP) is 13.5. The van der Waals surface area contributed by atoms with Crippen LogP contribution < -0.4 is 0 Å². The van der Waals surface area contributed by atoms with Gasteiger partial charge in [-0.05, 0) is 85.8 Å². The molecule has 0 aromatic heterocycles. The molecule has 4 heteroatoms. The number of phenols is 2. The number of aryl methyl sites for hydroxylation is 4. The second kappa shape index (κ2) is 15.8. The fourth-order valence-corrected chi connectivity index (χ4v) is 10.4. The lowest BCUT2D eigenvalue weighted by molar-refractivity contribution is 0.470. The van der Waals surface area contributed by atoms with Gasteiger partial charge in [0, 0.05) is 44.3 Å². The second-order valence-electron chi connectivity index (χ2n) is 17.0. The standard InChI is InChI=1S/C46H60O2S2/c1-29-17-30(2)20-33(19-29)39-25-37(45(5,6)7)23-35(43(39)47)27-49-41-15-13-11-12-14-16-42(41)50-28-36-24-38(46(8,9)10)26-40(44(36)48)34-21-31(3)18-32(4)22-34/h17-26,41-42,47-48H,11-16,27-28H2,1-10H3. The van der Waals surface area contributed by atoms with Crippen LogP contribution in [0.5, 0.6) is 11.5 Å². The van der Waals surface area contributed by atoms with Gasteiger partial charge < -0.3 is 10.2 Å². The first kappa shape index (κ1) is 38.4. The van der Waals surface area contributed by atoms with E-state index < -0.39 is 0 Å². The molecular formula is C46H60O2S2. The first-order chi connectivity index (χ1) is 23.5. The Morgan fingerprint density at radius 3 is 1.16 bits per heavy atom. The number of benzene rings is 4. The van der Waals surface area contributed by atoms with Gasteiger partial charge in [-0.2, -0.15) is 23.5 Å². The number of phenolic OH excluding ortho intramolecular Hbond substituents is 2. The second-order valence-corrected chi connectivity index (χ2v) is 19.5. The zero-order valence-corrected chi connectivity index (χ0v) is 33.9. The zero-order valence-electron chi connectivity index (χ0n) is 32.3. The van der Waals surface area contributed by atoms with E-state index >= 15 is 0 Å². The van der Waals surface area contributed by atoms with Crippen LogP contribution in [0.15, 0.2) is 60.7 Å². The Labute approximate surface area is 311 Å². The largest absolute Gasteiger partial charge is 0.507 e. The first-order valence-electron chi connectivity index (χ1n) is 18.6. The molecule has 1 saturated carbocycles. The molecule has 0 bridgehead atoms. The Morgan fingerprint density at radius 1 is 0.500 bits per heavy atom. The van der Waals surface area contributed by atoms with E-state index in [1.165, 1.54) is 71.9 Å². The van der Waals surface area contributed by atoms with Gasteiger partial charge in [-0.1, -0.05) is 138 Å². The van der Waals surface area contributed by atoms with Gasteiger partial charge in [-0.3, -0.25) is 0 Å². The van der Waals surface area contributed by atoms with Gasteiger partial charge >= 0.3 is 0 Å². The van der Waals surface area contributed by atoms with Gasteiger partial charge in [0.2, 0.25) is 0 Å². The minimum absolute atomic E-state index is 0.0288. The van der Waals surface area contributed by atoms with Gasteiger partial charge in [0.05, 0.1) is 0 Å². The Hall–Kier alpha value is -2.82. The van der Waals surface area contributed by atoms with E-state index in [0.717, 1.165) is 44.9 Å². The summed E-state index contributed by atoms with van der Waals surface area (Å²) >= 11 is 4.06. The zero-order chi connectivity index (χ0) is 36.4. The molecule has 2 atom stereocenters. The molecule has 0 heterocycles. The molecule has 4 aromatic rings. The summed E-state index contributed by atoms with van der Waals surface area (Å²) in [5.41, 5.74) is 13.5. The number of aromatic hydroxyl groups is 2. The summed E-state index contributed by atoms with van der Waals surface area (Å²) in [5, 5.41) is 24.5. The first-order valence-corrected chi connectivity index (χ1v) is 20.7. The van der Waals surface area contributed by atoms with Crippen LogP contribution in [0.2, 0.25) is 0 Å². The van der Waals surface area contributed by atoms with Gasteiger partial charge in [0.1, 0.15) is 11.5 Å². The molecule has 0 saturated heterocycles. The summed E-state index contributed by atoms with van der Waals surface area (Å²) in [5.74, 6) is 2.43. The monoisotopic (exact) mass is 708 g/mol. The van der Waals surface area contributed by atoms with Crippen molar-refractivity contribution in [3.63, 3.8) is 0 Å². The molecule has 50 heavy (non-hydrogen) atoms. The Kier molecular flexibility index (Phi) is 12.2. The summed E-state index contributed by atoms with van der Waals surface area (Å²) in [6.45, 7) is 22.1. The van der Waals surface area contributed by atoms with Crippen LogP contribution in [0.4, 0.5) is 0 Å². The molecule has 268 valence electrons. The van der Waals surface area contributed by atoms with Gasteiger partial charge in [-0.25, -0.2) is 0 Å². The van der Waals surface area contributed by atoms with E-state index in [2.05, 4.69) is 130 Å². The summed E-state index contributed by atoms with van der Waals surface area (Å²) in [7, 11) is 0. The maximum atomic E-state index is 11.8. The Morgan fingerprint density at radius 2 is 0.840 bits per heavy atom. The van der Waals surface area contributed by atoms with Crippen LogP contribution in [0.1, 0.15) is 125 Å². The van der Waals surface area contributed by atoms with Crippen LogP contribution in [0.25, 0.3) is 22.3 Å². The van der Waals surface area contributed by atoms with Crippen LogP contribution >= 0.6 is 23.5 Å². The van der Waals surface area contributed by atoms with Crippen LogP contribution in [-0.4, -0.2) is 20.7 Å². The number of rotatable bonds is 8. The normalized spacial score (nSPS) is 17.4. The van der Waals surface area contributed by atoms with Gasteiger partial charge in [-0.15, -0.1) is 0 Å². The Bertz CT molecular complexity index is 1630. The molecule has 4 aromatic carbocycles. The fraction of sp³-hybridized carbons (Fsp3) is 0.478. The average molecular weight is 709 g/mol. The average Bonchev–Trinajstić information content (AvgIpc) is 2.99. The third-order valence-electron chi connectivity index (χ3n) is 10.2. The summed E-state index contributed by atoms with van der Waals surface area (Å²) in [6.07, 6.45) is 7.46. The molecule has 2 unspecified atom stereocenters. The number of thioether (sulfide) groups is 2. The molecule has 0 aliphatic heterocycles. The minimum Gasteiger partial charge on any atom is -0.507 e. The van der Waals surface area contributed by atoms with E-state index in [-0.39, 0.29) is 10.8 Å². The van der Waals surface area contributed by atoms with E-state index in [4.69, 9.17) is 0 Å². The fourth-order valence-electron chi connectivity index (χ4n) is 7.37. The van der Waals surface area contributed by atoms with E-state index in [1.54, 1.807) is 0 Å². The highest BCUT2D eigenvalue weighted by atomic mass is 32.2. The van der Waals surface area contributed by atoms with Crippen molar-refractivity contribution < 1.29 is 10.2 Å². The van der Waals surface area contributed by atoms with Crippen molar-refractivity contribution in [2.45, 2.75) is 141 Å². The smallest absolute Gasteiger partial charge is 0.127 e. The van der Waals surface area contributed by atoms with E-state index in [0.29, 0.717) is 22.0 Å². The van der Waals surface area contributed by atoms with Crippen molar-refractivity contribution in [1.29, 1.82) is 0 Å².